The van der Waals surface area contributed by atoms with Gasteiger partial charge in [-0.3, -0.25) is 4.79 Å². The number of ether oxygens (including phenoxy) is 1. The molecule has 1 unspecified atom stereocenters. The fraction of sp³-hybridized carbons (Fsp3) is 0.211. The summed E-state index contributed by atoms with van der Waals surface area (Å²) in [6, 6.07) is 10.4. The molecule has 0 aliphatic carbocycles. The summed E-state index contributed by atoms with van der Waals surface area (Å²) in [5.74, 6) is 0.282. The maximum absolute atomic E-state index is 12.4. The van der Waals surface area contributed by atoms with E-state index in [2.05, 4.69) is 5.32 Å². The topological polar surface area (TPSA) is 92.3 Å². The monoisotopic (exact) mass is 336 g/mol. The van der Waals surface area contributed by atoms with Gasteiger partial charge in [-0.25, -0.2) is 4.79 Å². The quantitative estimate of drug-likeness (QED) is 0.669. The second-order valence-electron chi connectivity index (χ2n) is 5.88. The van der Waals surface area contributed by atoms with Crippen LogP contribution in [0.25, 0.3) is 0 Å². The molecule has 1 aromatic carbocycles. The van der Waals surface area contributed by atoms with Crippen molar-refractivity contribution in [3.8, 4) is 11.8 Å². The van der Waals surface area contributed by atoms with Gasteiger partial charge < -0.3 is 14.5 Å². The number of Topliss-reactive ketones (excluding diaryl/α,β-unsaturated/α-hetero) is 1. The molecule has 2 aromatic rings. The van der Waals surface area contributed by atoms with E-state index in [4.69, 9.17) is 9.15 Å². The first-order valence-corrected chi connectivity index (χ1v) is 7.71. The summed E-state index contributed by atoms with van der Waals surface area (Å²) in [6.45, 7) is 4.88. The number of aryl methyl sites for hydroxylation is 2. The number of nitriles is 1. The molecule has 6 nitrogen and oxygen atoms in total. The molecular weight excluding hydrogens is 320 g/mol. The summed E-state index contributed by atoms with van der Waals surface area (Å²) in [5.41, 5.74) is 1.52. The van der Waals surface area contributed by atoms with Crippen molar-refractivity contribution >= 4 is 5.78 Å². The summed E-state index contributed by atoms with van der Waals surface area (Å²) in [7, 11) is 0. The van der Waals surface area contributed by atoms with Gasteiger partial charge in [-0.15, -0.1) is 0 Å². The highest BCUT2D eigenvalue weighted by molar-refractivity contribution is 5.97. The highest BCUT2D eigenvalue weighted by atomic mass is 16.5. The third-order valence-corrected chi connectivity index (χ3v) is 3.95. The van der Waals surface area contributed by atoms with Crippen LogP contribution in [0.15, 0.2) is 51.0 Å². The molecule has 1 N–H and O–H groups in total. The lowest BCUT2D eigenvalue weighted by Gasteiger charge is -2.29. The minimum absolute atomic E-state index is 0.0399. The van der Waals surface area contributed by atoms with Gasteiger partial charge in [-0.05, 0) is 19.4 Å². The number of hydrogen-bond acceptors (Lipinski definition) is 6. The Morgan fingerprint density at radius 1 is 1.24 bits per heavy atom. The van der Waals surface area contributed by atoms with E-state index in [-0.39, 0.29) is 17.2 Å². The van der Waals surface area contributed by atoms with Crippen molar-refractivity contribution < 1.29 is 13.9 Å². The molecule has 126 valence electrons. The second kappa shape index (κ2) is 6.29. The zero-order valence-electron chi connectivity index (χ0n) is 14.0. The molecule has 0 radical (unpaired) electrons. The van der Waals surface area contributed by atoms with Gasteiger partial charge in [0, 0.05) is 13.0 Å². The Balaban J connectivity index is 2.24. The van der Waals surface area contributed by atoms with E-state index >= 15 is 0 Å². The minimum Gasteiger partial charge on any atom is -0.439 e. The molecule has 0 saturated carbocycles. The van der Waals surface area contributed by atoms with Crippen LogP contribution in [0.5, 0.6) is 5.75 Å². The number of carbonyl (C=O) groups is 1. The molecule has 1 aliphatic rings. The average molecular weight is 336 g/mol. The Kier molecular flexibility index (Phi) is 4.15. The number of carbonyl (C=O) groups excluding carboxylic acids is 1. The predicted molar refractivity (Wildman–Crippen MR) is 89.8 cm³/mol. The highest BCUT2D eigenvalue weighted by Crippen LogP contribution is 2.34. The number of nitrogens with one attached hydrogen (secondary N) is 1. The van der Waals surface area contributed by atoms with E-state index in [1.165, 1.54) is 6.92 Å². The van der Waals surface area contributed by atoms with E-state index in [0.717, 1.165) is 11.1 Å². The lowest BCUT2D eigenvalue weighted by atomic mass is 9.97. The van der Waals surface area contributed by atoms with Crippen LogP contribution in [0, 0.1) is 25.2 Å². The first-order chi connectivity index (χ1) is 11.9. The number of nitrogens with zero attached hydrogens (tertiary/aromatic N) is 1. The third kappa shape index (κ3) is 3.04. The van der Waals surface area contributed by atoms with Crippen LogP contribution in [-0.4, -0.2) is 5.78 Å². The van der Waals surface area contributed by atoms with E-state index < -0.39 is 17.5 Å². The van der Waals surface area contributed by atoms with Gasteiger partial charge >= 0.3 is 5.63 Å². The van der Waals surface area contributed by atoms with Crippen molar-refractivity contribution in [1.29, 1.82) is 5.26 Å². The van der Waals surface area contributed by atoms with Crippen molar-refractivity contribution in [2.45, 2.75) is 26.8 Å². The number of rotatable bonds is 2. The zero-order valence-corrected chi connectivity index (χ0v) is 14.0. The molecule has 0 amide bonds. The van der Waals surface area contributed by atoms with Crippen molar-refractivity contribution in [1.82, 2.24) is 5.32 Å². The molecule has 0 bridgehead atoms. The van der Waals surface area contributed by atoms with Gasteiger partial charge in [-0.2, -0.15) is 5.26 Å². The highest BCUT2D eigenvalue weighted by Gasteiger charge is 2.32. The molecule has 0 saturated heterocycles. The van der Waals surface area contributed by atoms with Crippen molar-refractivity contribution in [2.24, 2.45) is 0 Å². The first-order valence-electron chi connectivity index (χ1n) is 7.71. The number of fused-ring (bicyclic) bond motifs is 1. The number of benzene rings is 1. The van der Waals surface area contributed by atoms with Gasteiger partial charge in [-0.1, -0.05) is 29.8 Å². The lowest BCUT2D eigenvalue weighted by Crippen LogP contribution is -2.35. The average Bonchev–Trinajstić information content (AvgIpc) is 2.54. The third-order valence-electron chi connectivity index (χ3n) is 3.95. The van der Waals surface area contributed by atoms with Crippen molar-refractivity contribution in [2.75, 3.05) is 0 Å². The van der Waals surface area contributed by atoms with E-state index in [1.54, 1.807) is 13.0 Å². The number of hydrogen-bond donors (Lipinski definition) is 1. The maximum atomic E-state index is 12.4. The first kappa shape index (κ1) is 16.5. The van der Waals surface area contributed by atoms with Gasteiger partial charge in [0.15, 0.2) is 11.4 Å². The summed E-state index contributed by atoms with van der Waals surface area (Å²) in [5, 5.41) is 12.3. The van der Waals surface area contributed by atoms with Crippen LogP contribution in [0.3, 0.4) is 0 Å². The Bertz CT molecular complexity index is 978. The zero-order chi connectivity index (χ0) is 18.1. The van der Waals surface area contributed by atoms with Gasteiger partial charge in [0.2, 0.25) is 5.88 Å². The molecule has 0 fully saturated rings. The van der Waals surface area contributed by atoms with Gasteiger partial charge in [0.05, 0.1) is 6.04 Å². The van der Waals surface area contributed by atoms with Gasteiger partial charge in [0.25, 0.3) is 0 Å². The van der Waals surface area contributed by atoms with Crippen LogP contribution in [0.2, 0.25) is 0 Å². The Morgan fingerprint density at radius 3 is 2.52 bits per heavy atom. The molecule has 25 heavy (non-hydrogen) atoms. The molecule has 0 spiro atoms. The largest absolute Gasteiger partial charge is 0.439 e. The number of allylic oxidation sites excluding steroid dienone is 1. The van der Waals surface area contributed by atoms with Crippen molar-refractivity contribution in [3.05, 3.63) is 74.7 Å². The van der Waals surface area contributed by atoms with Crippen LogP contribution in [-0.2, 0) is 4.79 Å². The molecule has 6 heteroatoms. The van der Waals surface area contributed by atoms with Crippen LogP contribution < -0.4 is 15.7 Å². The lowest BCUT2D eigenvalue weighted by molar-refractivity contribution is -0.113. The van der Waals surface area contributed by atoms with Gasteiger partial charge in [0.1, 0.15) is 23.1 Å². The summed E-state index contributed by atoms with van der Waals surface area (Å²) in [4.78, 5) is 24.1. The fourth-order valence-corrected chi connectivity index (χ4v) is 2.70. The van der Waals surface area contributed by atoms with E-state index in [0.29, 0.717) is 11.3 Å². The molecular formula is C19H16N2O4. The molecule has 1 atom stereocenters. The molecule has 3 rings (SSSR count). The molecule has 1 aliphatic heterocycles. The summed E-state index contributed by atoms with van der Waals surface area (Å²) < 4.78 is 10.8. The van der Waals surface area contributed by atoms with E-state index in [9.17, 15) is 14.9 Å². The molecule has 2 heterocycles. The molecule has 1 aromatic heterocycles. The van der Waals surface area contributed by atoms with E-state index in [1.807, 2.05) is 37.3 Å². The van der Waals surface area contributed by atoms with Crippen molar-refractivity contribution in [3.63, 3.8) is 0 Å². The maximum Gasteiger partial charge on any atom is 0.345 e. The predicted octanol–water partition coefficient (Wildman–Crippen LogP) is 2.65. The number of ketones is 1. The Labute approximate surface area is 144 Å². The SMILES string of the molecule is CC(=O)/C(C#N)=C1\NC(c2ccc(C)cc2)c2c(cc(C)oc2=O)O1. The minimum atomic E-state index is -0.584. The summed E-state index contributed by atoms with van der Waals surface area (Å²) in [6.07, 6.45) is 0. The summed E-state index contributed by atoms with van der Waals surface area (Å²) >= 11 is 0. The normalized spacial score (nSPS) is 17.6. The smallest absolute Gasteiger partial charge is 0.345 e. The standard InChI is InChI=1S/C19H16N2O4/c1-10-4-6-13(7-5-10)17-16-15(8-11(2)24-19(16)23)25-18(21-17)14(9-20)12(3)22/h4-8,17,21H,1-3H3/b18-14+. The fourth-order valence-electron chi connectivity index (χ4n) is 2.70. The van der Waals surface area contributed by atoms with Crippen LogP contribution >= 0.6 is 0 Å². The van der Waals surface area contributed by atoms with Crippen LogP contribution in [0.1, 0.15) is 35.4 Å². The second-order valence-corrected chi connectivity index (χ2v) is 5.88. The Morgan fingerprint density at radius 2 is 1.92 bits per heavy atom. The Hall–Kier alpha value is -3.33. The van der Waals surface area contributed by atoms with Crippen LogP contribution in [0.4, 0.5) is 0 Å².